The van der Waals surface area contributed by atoms with Gasteiger partial charge in [-0.2, -0.15) is 0 Å². The highest BCUT2D eigenvalue weighted by Crippen LogP contribution is 2.21. The molecule has 0 atom stereocenters. The van der Waals surface area contributed by atoms with Crippen LogP contribution in [0.4, 0.5) is 0 Å². The average molecular weight is 300 g/mol. The molecule has 0 spiro atoms. The zero-order valence-corrected chi connectivity index (χ0v) is 11.4. The average Bonchev–Trinajstić information content (AvgIpc) is 2.35. The molecule has 1 aromatic rings. The zero-order chi connectivity index (χ0) is 12.1. The van der Waals surface area contributed by atoms with Gasteiger partial charge in [0.1, 0.15) is 11.9 Å². The van der Waals surface area contributed by atoms with E-state index in [1.165, 1.54) is 0 Å². The summed E-state index contributed by atoms with van der Waals surface area (Å²) in [6.45, 7) is 3.06. The van der Waals surface area contributed by atoms with Crippen LogP contribution in [0, 0.1) is 0 Å². The molecular weight excluding hydrogens is 282 g/mol. The quantitative estimate of drug-likeness (QED) is 0.926. The van der Waals surface area contributed by atoms with Gasteiger partial charge >= 0.3 is 0 Å². The molecule has 2 rings (SSSR count). The molecule has 0 bridgehead atoms. The number of halogens is 1. The number of benzene rings is 1. The van der Waals surface area contributed by atoms with Crippen molar-refractivity contribution in [3.05, 3.63) is 28.7 Å². The lowest BCUT2D eigenvalue weighted by Gasteiger charge is -2.31. The summed E-state index contributed by atoms with van der Waals surface area (Å²) < 4.78 is 7.00. The summed E-state index contributed by atoms with van der Waals surface area (Å²) in [4.78, 5) is 2.28. The number of β-amino-alcohol motifs (C(OH)–C–C–N with tert-alkyl or cyclic N) is 1. The van der Waals surface area contributed by atoms with E-state index in [0.717, 1.165) is 42.7 Å². The van der Waals surface area contributed by atoms with E-state index in [2.05, 4.69) is 20.8 Å². The van der Waals surface area contributed by atoms with E-state index in [0.29, 0.717) is 6.10 Å². The third kappa shape index (κ3) is 3.98. The molecule has 0 aromatic heterocycles. The Bertz CT molecular complexity index is 334. The maximum atomic E-state index is 8.87. The second-order valence-electron chi connectivity index (χ2n) is 4.34. The topological polar surface area (TPSA) is 32.7 Å². The lowest BCUT2D eigenvalue weighted by molar-refractivity contribution is 0.0889. The van der Waals surface area contributed by atoms with Crippen LogP contribution >= 0.6 is 15.9 Å². The number of aliphatic hydroxyl groups excluding tert-OH is 1. The van der Waals surface area contributed by atoms with E-state index >= 15 is 0 Å². The van der Waals surface area contributed by atoms with Crippen LogP contribution < -0.4 is 4.74 Å². The van der Waals surface area contributed by atoms with Gasteiger partial charge < -0.3 is 14.7 Å². The maximum absolute atomic E-state index is 8.87. The van der Waals surface area contributed by atoms with E-state index < -0.39 is 0 Å². The van der Waals surface area contributed by atoms with Gasteiger partial charge in [-0.1, -0.05) is 15.9 Å². The van der Waals surface area contributed by atoms with Gasteiger partial charge in [0.05, 0.1) is 6.61 Å². The Morgan fingerprint density at radius 2 is 1.88 bits per heavy atom. The molecule has 94 valence electrons. The number of ether oxygens (including phenoxy) is 1. The SMILES string of the molecule is OCCN1CCC(Oc2ccc(Br)cc2)CC1. The van der Waals surface area contributed by atoms with Gasteiger partial charge in [-0.3, -0.25) is 0 Å². The van der Waals surface area contributed by atoms with Crippen LogP contribution in [0.5, 0.6) is 5.75 Å². The standard InChI is InChI=1S/C13H18BrNO2/c14-11-1-3-12(4-2-11)17-13-5-7-15(8-6-13)9-10-16/h1-4,13,16H,5-10H2. The molecule has 3 nitrogen and oxygen atoms in total. The van der Waals surface area contributed by atoms with Crippen molar-refractivity contribution in [2.24, 2.45) is 0 Å². The molecule has 1 aliphatic heterocycles. The highest BCUT2D eigenvalue weighted by Gasteiger charge is 2.19. The number of piperidine rings is 1. The molecular formula is C13H18BrNO2. The fourth-order valence-electron chi connectivity index (χ4n) is 2.10. The van der Waals surface area contributed by atoms with Crippen molar-refractivity contribution in [1.29, 1.82) is 0 Å². The van der Waals surface area contributed by atoms with Crippen LogP contribution in [0.15, 0.2) is 28.7 Å². The first-order valence-corrected chi connectivity index (χ1v) is 6.82. The van der Waals surface area contributed by atoms with E-state index in [9.17, 15) is 0 Å². The van der Waals surface area contributed by atoms with E-state index in [-0.39, 0.29) is 6.61 Å². The maximum Gasteiger partial charge on any atom is 0.119 e. The van der Waals surface area contributed by atoms with Crippen molar-refractivity contribution in [1.82, 2.24) is 4.90 Å². The number of hydrogen-bond donors (Lipinski definition) is 1. The number of rotatable bonds is 4. The van der Waals surface area contributed by atoms with E-state index in [4.69, 9.17) is 9.84 Å². The molecule has 1 fully saturated rings. The van der Waals surface area contributed by atoms with Crippen molar-refractivity contribution in [3.8, 4) is 5.75 Å². The molecule has 0 aliphatic carbocycles. The smallest absolute Gasteiger partial charge is 0.119 e. The summed E-state index contributed by atoms with van der Waals surface area (Å²) >= 11 is 3.41. The summed E-state index contributed by atoms with van der Waals surface area (Å²) in [6.07, 6.45) is 2.39. The van der Waals surface area contributed by atoms with E-state index in [1.807, 2.05) is 24.3 Å². The molecule has 0 unspecified atom stereocenters. The van der Waals surface area contributed by atoms with Crippen molar-refractivity contribution >= 4 is 15.9 Å². The molecule has 0 amide bonds. The predicted octanol–water partition coefficient (Wildman–Crippen LogP) is 2.28. The number of nitrogens with zero attached hydrogens (tertiary/aromatic N) is 1. The highest BCUT2D eigenvalue weighted by atomic mass is 79.9. The van der Waals surface area contributed by atoms with Gasteiger partial charge in [-0.25, -0.2) is 0 Å². The number of hydrogen-bond acceptors (Lipinski definition) is 3. The second-order valence-corrected chi connectivity index (χ2v) is 5.25. The first-order valence-electron chi connectivity index (χ1n) is 6.03. The molecule has 0 radical (unpaired) electrons. The van der Waals surface area contributed by atoms with Crippen LogP contribution in [0.25, 0.3) is 0 Å². The minimum atomic E-state index is 0.248. The summed E-state index contributed by atoms with van der Waals surface area (Å²) in [6, 6.07) is 7.97. The van der Waals surface area contributed by atoms with Crippen molar-refractivity contribution in [2.45, 2.75) is 18.9 Å². The van der Waals surface area contributed by atoms with Crippen LogP contribution in [0.3, 0.4) is 0 Å². The second kappa shape index (κ2) is 6.38. The lowest BCUT2D eigenvalue weighted by Crippen LogP contribution is -2.39. The molecule has 1 saturated heterocycles. The van der Waals surface area contributed by atoms with Crippen LogP contribution in [-0.4, -0.2) is 42.4 Å². The van der Waals surface area contributed by atoms with Crippen molar-refractivity contribution in [3.63, 3.8) is 0 Å². The Balaban J connectivity index is 1.79. The largest absolute Gasteiger partial charge is 0.490 e. The zero-order valence-electron chi connectivity index (χ0n) is 9.81. The Hall–Kier alpha value is -0.580. The first kappa shape index (κ1) is 12.9. The molecule has 1 aromatic carbocycles. The van der Waals surface area contributed by atoms with Crippen LogP contribution in [-0.2, 0) is 0 Å². The van der Waals surface area contributed by atoms with Gasteiger partial charge in [0.15, 0.2) is 0 Å². The minimum Gasteiger partial charge on any atom is -0.490 e. The Labute approximate surface area is 111 Å². The molecule has 1 heterocycles. The Morgan fingerprint density at radius 3 is 2.47 bits per heavy atom. The summed E-state index contributed by atoms with van der Waals surface area (Å²) in [5.41, 5.74) is 0. The normalized spacial score (nSPS) is 18.2. The van der Waals surface area contributed by atoms with Gasteiger partial charge in [-0.15, -0.1) is 0 Å². The van der Waals surface area contributed by atoms with Crippen LogP contribution in [0.1, 0.15) is 12.8 Å². The van der Waals surface area contributed by atoms with Gasteiger partial charge in [0, 0.05) is 24.1 Å². The van der Waals surface area contributed by atoms with Crippen molar-refractivity contribution in [2.75, 3.05) is 26.2 Å². The molecule has 0 saturated carbocycles. The minimum absolute atomic E-state index is 0.248. The molecule has 4 heteroatoms. The molecule has 1 aliphatic rings. The Kier molecular flexibility index (Phi) is 4.83. The predicted molar refractivity (Wildman–Crippen MR) is 71.3 cm³/mol. The van der Waals surface area contributed by atoms with Crippen LogP contribution in [0.2, 0.25) is 0 Å². The van der Waals surface area contributed by atoms with Gasteiger partial charge in [0.2, 0.25) is 0 Å². The summed E-state index contributed by atoms with van der Waals surface area (Å²) in [5.74, 6) is 0.939. The van der Waals surface area contributed by atoms with Gasteiger partial charge in [0.25, 0.3) is 0 Å². The molecule has 1 N–H and O–H groups in total. The third-order valence-corrected chi connectivity index (χ3v) is 3.60. The van der Waals surface area contributed by atoms with Crippen molar-refractivity contribution < 1.29 is 9.84 Å². The third-order valence-electron chi connectivity index (χ3n) is 3.07. The first-order chi connectivity index (χ1) is 8.28. The lowest BCUT2D eigenvalue weighted by atomic mass is 10.1. The molecule has 17 heavy (non-hydrogen) atoms. The summed E-state index contributed by atoms with van der Waals surface area (Å²) in [5, 5.41) is 8.87. The summed E-state index contributed by atoms with van der Waals surface area (Å²) in [7, 11) is 0. The fraction of sp³-hybridized carbons (Fsp3) is 0.538. The van der Waals surface area contributed by atoms with Gasteiger partial charge in [-0.05, 0) is 37.1 Å². The highest BCUT2D eigenvalue weighted by molar-refractivity contribution is 9.10. The van der Waals surface area contributed by atoms with E-state index in [1.54, 1.807) is 0 Å². The fourth-order valence-corrected chi connectivity index (χ4v) is 2.36. The number of aliphatic hydroxyl groups is 1. The Morgan fingerprint density at radius 1 is 1.24 bits per heavy atom. The number of likely N-dealkylation sites (tertiary alicyclic amines) is 1. The monoisotopic (exact) mass is 299 g/mol.